The molecule has 2 fully saturated rings. The lowest BCUT2D eigenvalue weighted by Gasteiger charge is -2.48. The first-order valence-corrected chi connectivity index (χ1v) is 11.2. The molecular weight excluding hydrogens is 364 g/mol. The highest BCUT2D eigenvalue weighted by molar-refractivity contribution is 5.88. The molecule has 0 radical (unpaired) electrons. The Morgan fingerprint density at radius 3 is 2.90 bits per heavy atom. The number of hydrogen-bond donors (Lipinski definition) is 1. The molecule has 0 spiro atoms. The maximum absolute atomic E-state index is 12.5. The van der Waals surface area contributed by atoms with Gasteiger partial charge in [-0.25, -0.2) is 4.79 Å². The van der Waals surface area contributed by atoms with E-state index in [1.165, 1.54) is 17.2 Å². The number of ketones is 1. The van der Waals surface area contributed by atoms with Gasteiger partial charge < -0.3 is 9.84 Å². The second-order valence-electron chi connectivity index (χ2n) is 9.30. The first-order chi connectivity index (χ1) is 13.9. The zero-order valence-corrected chi connectivity index (χ0v) is 17.6. The van der Waals surface area contributed by atoms with Gasteiger partial charge in [-0.2, -0.15) is 0 Å². The van der Waals surface area contributed by atoms with Gasteiger partial charge in [0.2, 0.25) is 0 Å². The lowest BCUT2D eigenvalue weighted by Crippen LogP contribution is -2.42. The monoisotopic (exact) mass is 396 g/mol. The molecular formula is C25H32O4. The molecule has 0 bridgehead atoms. The standard InChI is InChI=1S/C25H32O4/c1-3-4-13-29-24(28)10-6-17-14-20-16(15-22(17)26)5-7-19-18(20)11-12-25(2)21(19)8-9-23(25)27/h6,10,14-15,18-19,21,26H,3-5,7-9,11-13H2,1-2H3/b10-6+/t18-,19+,21-,25-/m0/s1. The quantitative estimate of drug-likeness (QED) is 0.423. The molecule has 3 aliphatic carbocycles. The van der Waals surface area contributed by atoms with E-state index in [4.69, 9.17) is 4.74 Å². The minimum Gasteiger partial charge on any atom is -0.507 e. The Labute approximate surface area is 173 Å². The number of phenols is 1. The van der Waals surface area contributed by atoms with Crippen molar-refractivity contribution < 1.29 is 19.4 Å². The van der Waals surface area contributed by atoms with E-state index < -0.39 is 0 Å². The molecule has 4 rings (SSSR count). The Morgan fingerprint density at radius 2 is 2.10 bits per heavy atom. The fourth-order valence-corrected chi connectivity index (χ4v) is 6.05. The predicted octanol–water partition coefficient (Wildman–Crippen LogP) is 5.17. The van der Waals surface area contributed by atoms with Crippen LogP contribution in [0.25, 0.3) is 6.08 Å². The highest BCUT2D eigenvalue weighted by atomic mass is 16.5. The van der Waals surface area contributed by atoms with E-state index in [9.17, 15) is 14.7 Å². The van der Waals surface area contributed by atoms with Crippen LogP contribution in [0.5, 0.6) is 5.75 Å². The fourth-order valence-electron chi connectivity index (χ4n) is 6.05. The van der Waals surface area contributed by atoms with E-state index in [-0.39, 0.29) is 17.1 Å². The smallest absolute Gasteiger partial charge is 0.330 e. The highest BCUT2D eigenvalue weighted by Gasteiger charge is 2.54. The van der Waals surface area contributed by atoms with E-state index in [0.717, 1.165) is 51.4 Å². The first-order valence-electron chi connectivity index (χ1n) is 11.2. The Bertz CT molecular complexity index is 839. The van der Waals surface area contributed by atoms with Crippen LogP contribution < -0.4 is 0 Å². The van der Waals surface area contributed by atoms with E-state index in [1.807, 2.05) is 6.07 Å². The van der Waals surface area contributed by atoms with Gasteiger partial charge in [0.15, 0.2) is 0 Å². The van der Waals surface area contributed by atoms with Crippen LogP contribution in [0, 0.1) is 17.3 Å². The van der Waals surface area contributed by atoms with Crippen LogP contribution in [0.3, 0.4) is 0 Å². The number of fused-ring (bicyclic) bond motifs is 5. The van der Waals surface area contributed by atoms with Crippen LogP contribution in [-0.4, -0.2) is 23.5 Å². The van der Waals surface area contributed by atoms with Crippen LogP contribution in [0.1, 0.15) is 81.4 Å². The molecule has 0 heterocycles. The SMILES string of the molecule is CCCCOC(=O)/C=C/c1cc2c(cc1O)CC[C@@H]1[C@@H]2CC[C@]2(C)C(=O)CC[C@@H]12. The molecule has 2 saturated carbocycles. The molecule has 0 unspecified atom stereocenters. The summed E-state index contributed by atoms with van der Waals surface area (Å²) >= 11 is 0. The summed E-state index contributed by atoms with van der Waals surface area (Å²) < 4.78 is 5.17. The van der Waals surface area contributed by atoms with Crippen molar-refractivity contribution in [2.75, 3.05) is 6.61 Å². The molecule has 0 aromatic heterocycles. The van der Waals surface area contributed by atoms with E-state index in [1.54, 1.807) is 6.08 Å². The average molecular weight is 397 g/mol. The van der Waals surface area contributed by atoms with Crippen molar-refractivity contribution >= 4 is 17.8 Å². The maximum atomic E-state index is 12.5. The number of esters is 1. The van der Waals surface area contributed by atoms with E-state index in [0.29, 0.717) is 35.7 Å². The number of aryl methyl sites for hydroxylation is 1. The third-order valence-electron chi connectivity index (χ3n) is 7.72. The largest absolute Gasteiger partial charge is 0.507 e. The lowest BCUT2D eigenvalue weighted by atomic mass is 9.55. The summed E-state index contributed by atoms with van der Waals surface area (Å²) in [5.74, 6) is 1.80. The summed E-state index contributed by atoms with van der Waals surface area (Å²) in [6, 6.07) is 3.94. The van der Waals surface area contributed by atoms with E-state index in [2.05, 4.69) is 19.9 Å². The number of unbranched alkanes of at least 4 members (excludes halogenated alkanes) is 1. The molecule has 1 aromatic rings. The average Bonchev–Trinajstić information content (AvgIpc) is 3.01. The van der Waals surface area contributed by atoms with Gasteiger partial charge >= 0.3 is 5.97 Å². The number of hydrogen-bond acceptors (Lipinski definition) is 4. The summed E-state index contributed by atoms with van der Waals surface area (Å²) in [6.07, 6.45) is 10.7. The minimum atomic E-state index is -0.369. The van der Waals surface area contributed by atoms with Crippen molar-refractivity contribution in [2.24, 2.45) is 17.3 Å². The maximum Gasteiger partial charge on any atom is 0.330 e. The van der Waals surface area contributed by atoms with Crippen molar-refractivity contribution in [3.8, 4) is 5.75 Å². The topological polar surface area (TPSA) is 63.6 Å². The van der Waals surface area contributed by atoms with Gasteiger partial charge in [0.1, 0.15) is 11.5 Å². The molecule has 0 amide bonds. The number of rotatable bonds is 5. The summed E-state index contributed by atoms with van der Waals surface area (Å²) in [5, 5.41) is 10.5. The van der Waals surface area contributed by atoms with Crippen LogP contribution >= 0.6 is 0 Å². The molecule has 4 heteroatoms. The summed E-state index contributed by atoms with van der Waals surface area (Å²) in [7, 11) is 0. The fraction of sp³-hybridized carbons (Fsp3) is 0.600. The number of ether oxygens (including phenoxy) is 1. The van der Waals surface area contributed by atoms with Gasteiger partial charge in [-0.05, 0) is 85.6 Å². The lowest BCUT2D eigenvalue weighted by molar-refractivity contribution is -0.137. The van der Waals surface area contributed by atoms with Crippen LogP contribution in [0.2, 0.25) is 0 Å². The Balaban J connectivity index is 1.56. The van der Waals surface area contributed by atoms with Crippen molar-refractivity contribution in [1.29, 1.82) is 0 Å². The van der Waals surface area contributed by atoms with Gasteiger partial charge in [0, 0.05) is 23.5 Å². The van der Waals surface area contributed by atoms with Gasteiger partial charge in [0.05, 0.1) is 6.61 Å². The summed E-state index contributed by atoms with van der Waals surface area (Å²) in [5.41, 5.74) is 3.08. The van der Waals surface area contributed by atoms with Gasteiger partial charge in [-0.3, -0.25) is 4.79 Å². The second-order valence-corrected chi connectivity index (χ2v) is 9.30. The number of benzene rings is 1. The van der Waals surface area contributed by atoms with Gasteiger partial charge in [-0.15, -0.1) is 0 Å². The zero-order valence-electron chi connectivity index (χ0n) is 17.6. The molecule has 1 aromatic carbocycles. The van der Waals surface area contributed by atoms with Crippen molar-refractivity contribution in [3.63, 3.8) is 0 Å². The number of aromatic hydroxyl groups is 1. The van der Waals surface area contributed by atoms with E-state index >= 15 is 0 Å². The van der Waals surface area contributed by atoms with Crippen molar-refractivity contribution in [2.45, 2.75) is 71.1 Å². The molecule has 3 aliphatic rings. The normalized spacial score (nSPS) is 30.7. The Kier molecular flexibility index (Phi) is 5.54. The number of carbonyl (C=O) groups excluding carboxylic acids is 2. The van der Waals surface area contributed by atoms with Gasteiger partial charge in [-0.1, -0.05) is 20.3 Å². The molecule has 156 valence electrons. The number of phenolic OH excluding ortho intramolecular Hbond substituents is 1. The van der Waals surface area contributed by atoms with Crippen molar-refractivity contribution in [3.05, 3.63) is 34.9 Å². The zero-order chi connectivity index (χ0) is 20.6. The molecule has 0 saturated heterocycles. The van der Waals surface area contributed by atoms with Crippen molar-refractivity contribution in [1.82, 2.24) is 0 Å². The van der Waals surface area contributed by atoms with Crippen LogP contribution in [-0.2, 0) is 20.7 Å². The molecule has 4 nitrogen and oxygen atoms in total. The molecule has 29 heavy (non-hydrogen) atoms. The van der Waals surface area contributed by atoms with Gasteiger partial charge in [0.25, 0.3) is 0 Å². The number of Topliss-reactive ketones (excluding diaryl/α,β-unsaturated/α-hetero) is 1. The third kappa shape index (κ3) is 3.62. The first kappa shape index (κ1) is 20.2. The number of carbonyl (C=O) groups is 2. The third-order valence-corrected chi connectivity index (χ3v) is 7.72. The summed E-state index contributed by atoms with van der Waals surface area (Å²) in [6.45, 7) is 4.67. The van der Waals surface area contributed by atoms with Crippen LogP contribution in [0.15, 0.2) is 18.2 Å². The minimum absolute atomic E-state index is 0.124. The molecule has 1 N–H and O–H groups in total. The molecule has 0 aliphatic heterocycles. The predicted molar refractivity (Wildman–Crippen MR) is 113 cm³/mol. The molecule has 4 atom stereocenters. The second kappa shape index (κ2) is 7.97. The van der Waals surface area contributed by atoms with Crippen LogP contribution in [0.4, 0.5) is 0 Å². The Morgan fingerprint density at radius 1 is 1.28 bits per heavy atom. The summed E-state index contributed by atoms with van der Waals surface area (Å²) in [4.78, 5) is 24.4. The Hall–Kier alpha value is -2.10. The highest BCUT2D eigenvalue weighted by Crippen LogP contribution is 2.59.